The van der Waals surface area contributed by atoms with Crippen LogP contribution in [0.25, 0.3) is 10.2 Å². The third-order valence-electron chi connectivity index (χ3n) is 4.98. The predicted molar refractivity (Wildman–Crippen MR) is 107 cm³/mol. The third-order valence-corrected chi connectivity index (χ3v) is 6.15. The lowest BCUT2D eigenvalue weighted by atomic mass is 9.82. The lowest BCUT2D eigenvalue weighted by molar-refractivity contribution is -0.125. The Morgan fingerprint density at radius 3 is 2.69 bits per heavy atom. The molecule has 0 aliphatic heterocycles. The van der Waals surface area contributed by atoms with Crippen LogP contribution in [0.1, 0.15) is 34.9 Å². The summed E-state index contributed by atoms with van der Waals surface area (Å²) in [6.07, 6.45) is 5.96. The molecule has 2 atom stereocenters. The van der Waals surface area contributed by atoms with Gasteiger partial charge < -0.3 is 5.32 Å². The zero-order chi connectivity index (χ0) is 17.9. The van der Waals surface area contributed by atoms with Gasteiger partial charge in [-0.2, -0.15) is 0 Å². The molecule has 1 aromatic heterocycles. The first-order valence-electron chi connectivity index (χ1n) is 9.04. The number of aromatic nitrogens is 1. The van der Waals surface area contributed by atoms with E-state index in [2.05, 4.69) is 54.7 Å². The lowest BCUT2D eigenvalue weighted by Crippen LogP contribution is -2.34. The molecule has 1 aliphatic carbocycles. The van der Waals surface area contributed by atoms with Gasteiger partial charge in [-0.25, -0.2) is 4.98 Å². The summed E-state index contributed by atoms with van der Waals surface area (Å²) in [5.41, 5.74) is 3.39. The Hall–Kier alpha value is -2.46. The summed E-state index contributed by atoms with van der Waals surface area (Å²) in [6, 6.07) is 16.5. The molecule has 1 heterocycles. The van der Waals surface area contributed by atoms with Crippen molar-refractivity contribution < 1.29 is 4.79 Å². The fourth-order valence-electron chi connectivity index (χ4n) is 3.45. The highest BCUT2D eigenvalue weighted by Crippen LogP contribution is 2.38. The van der Waals surface area contributed by atoms with E-state index in [4.69, 9.17) is 4.98 Å². The molecule has 132 valence electrons. The molecule has 0 bridgehead atoms. The molecule has 0 saturated carbocycles. The number of nitrogens with zero attached hydrogens (tertiary/aromatic N) is 1. The van der Waals surface area contributed by atoms with Crippen LogP contribution < -0.4 is 5.32 Å². The van der Waals surface area contributed by atoms with E-state index in [0.29, 0.717) is 6.54 Å². The molecule has 0 spiro atoms. The van der Waals surface area contributed by atoms with Crippen molar-refractivity contribution in [3.8, 4) is 0 Å². The van der Waals surface area contributed by atoms with Crippen LogP contribution in [0.3, 0.4) is 0 Å². The Morgan fingerprint density at radius 2 is 1.88 bits per heavy atom. The SMILES string of the molecule is Cc1ccc(CNC(=O)[C@H]2CC=CC[C@H]2c2nc3ccccc3s2)cc1. The minimum absolute atomic E-state index is 0.0500. The number of carbonyl (C=O) groups excluding carboxylic acids is 1. The maximum absolute atomic E-state index is 12.9. The van der Waals surface area contributed by atoms with Gasteiger partial charge in [-0.3, -0.25) is 4.79 Å². The number of carbonyl (C=O) groups is 1. The molecule has 2 aromatic carbocycles. The minimum Gasteiger partial charge on any atom is -0.352 e. The molecule has 26 heavy (non-hydrogen) atoms. The Kier molecular flexibility index (Phi) is 4.85. The van der Waals surface area contributed by atoms with Crippen molar-refractivity contribution >= 4 is 27.5 Å². The van der Waals surface area contributed by atoms with Crippen LogP contribution in [-0.2, 0) is 11.3 Å². The van der Waals surface area contributed by atoms with E-state index in [-0.39, 0.29) is 17.7 Å². The van der Waals surface area contributed by atoms with Gasteiger partial charge in [0.2, 0.25) is 5.91 Å². The van der Waals surface area contributed by atoms with Crippen LogP contribution in [-0.4, -0.2) is 10.9 Å². The molecule has 1 amide bonds. The standard InChI is InChI=1S/C22H22N2OS/c1-15-10-12-16(13-11-15)14-23-21(25)17-6-2-3-7-18(17)22-24-19-8-4-5-9-20(19)26-22/h2-5,8-13,17-18H,6-7,14H2,1H3,(H,23,25)/t17-,18+/m0/s1. The first-order valence-corrected chi connectivity index (χ1v) is 9.86. The maximum Gasteiger partial charge on any atom is 0.224 e. The van der Waals surface area contributed by atoms with Crippen LogP contribution in [0.5, 0.6) is 0 Å². The number of para-hydroxylation sites is 1. The molecule has 0 unspecified atom stereocenters. The van der Waals surface area contributed by atoms with Gasteiger partial charge in [-0.05, 0) is 37.5 Å². The average molecular weight is 362 g/mol. The van der Waals surface area contributed by atoms with Crippen molar-refractivity contribution in [3.63, 3.8) is 0 Å². The zero-order valence-corrected chi connectivity index (χ0v) is 15.6. The average Bonchev–Trinajstić information content (AvgIpc) is 3.11. The summed E-state index contributed by atoms with van der Waals surface area (Å²) >= 11 is 1.72. The Balaban J connectivity index is 1.50. The summed E-state index contributed by atoms with van der Waals surface area (Å²) in [5, 5.41) is 4.20. The number of rotatable bonds is 4. The van der Waals surface area contributed by atoms with Crippen LogP contribution in [0.4, 0.5) is 0 Å². The number of fused-ring (bicyclic) bond motifs is 1. The van der Waals surface area contributed by atoms with E-state index in [0.717, 1.165) is 28.9 Å². The van der Waals surface area contributed by atoms with Gasteiger partial charge in [0.15, 0.2) is 0 Å². The lowest BCUT2D eigenvalue weighted by Gasteiger charge is -2.26. The molecule has 0 radical (unpaired) electrons. The first-order chi connectivity index (χ1) is 12.7. The van der Waals surface area contributed by atoms with Gasteiger partial charge in [-0.1, -0.05) is 54.1 Å². The molecular formula is C22H22N2OS. The highest BCUT2D eigenvalue weighted by Gasteiger charge is 2.32. The predicted octanol–water partition coefficient (Wildman–Crippen LogP) is 4.97. The van der Waals surface area contributed by atoms with Crippen molar-refractivity contribution in [3.05, 3.63) is 76.8 Å². The van der Waals surface area contributed by atoms with Crippen molar-refractivity contribution in [2.75, 3.05) is 0 Å². The number of hydrogen-bond donors (Lipinski definition) is 1. The largest absolute Gasteiger partial charge is 0.352 e. The second-order valence-corrected chi connectivity index (χ2v) is 7.94. The van der Waals surface area contributed by atoms with Crippen molar-refractivity contribution in [2.24, 2.45) is 5.92 Å². The number of nitrogens with one attached hydrogen (secondary N) is 1. The molecule has 3 nitrogen and oxygen atoms in total. The molecule has 0 fully saturated rings. The molecular weight excluding hydrogens is 340 g/mol. The van der Waals surface area contributed by atoms with E-state index in [9.17, 15) is 4.79 Å². The third kappa shape index (κ3) is 3.56. The van der Waals surface area contributed by atoms with Crippen LogP contribution in [0.2, 0.25) is 0 Å². The first kappa shape index (κ1) is 17.0. The Bertz CT molecular complexity index is 909. The number of hydrogen-bond acceptors (Lipinski definition) is 3. The van der Waals surface area contributed by atoms with Crippen molar-refractivity contribution in [1.82, 2.24) is 10.3 Å². The van der Waals surface area contributed by atoms with Gasteiger partial charge in [-0.15, -0.1) is 11.3 Å². The Labute approximate surface area is 157 Å². The number of aryl methyl sites for hydroxylation is 1. The van der Waals surface area contributed by atoms with Crippen LogP contribution in [0, 0.1) is 12.8 Å². The van der Waals surface area contributed by atoms with E-state index in [1.807, 2.05) is 18.2 Å². The normalized spacial score (nSPS) is 19.6. The molecule has 4 rings (SSSR count). The van der Waals surface area contributed by atoms with E-state index in [1.165, 1.54) is 10.3 Å². The summed E-state index contributed by atoms with van der Waals surface area (Å²) in [5.74, 6) is 0.237. The molecule has 0 saturated heterocycles. The van der Waals surface area contributed by atoms with Crippen LogP contribution >= 0.6 is 11.3 Å². The second-order valence-electron chi connectivity index (χ2n) is 6.88. The van der Waals surface area contributed by atoms with Crippen LogP contribution in [0.15, 0.2) is 60.7 Å². The molecule has 4 heteroatoms. The monoisotopic (exact) mass is 362 g/mol. The second kappa shape index (κ2) is 7.42. The quantitative estimate of drug-likeness (QED) is 0.666. The summed E-state index contributed by atoms with van der Waals surface area (Å²) in [6.45, 7) is 2.64. The van der Waals surface area contributed by atoms with Gasteiger partial charge in [0.25, 0.3) is 0 Å². The highest BCUT2D eigenvalue weighted by molar-refractivity contribution is 7.18. The van der Waals surface area contributed by atoms with E-state index in [1.54, 1.807) is 11.3 Å². The highest BCUT2D eigenvalue weighted by atomic mass is 32.1. The summed E-state index contributed by atoms with van der Waals surface area (Å²) < 4.78 is 1.19. The number of benzene rings is 2. The number of amides is 1. The van der Waals surface area contributed by atoms with E-state index < -0.39 is 0 Å². The van der Waals surface area contributed by atoms with Gasteiger partial charge in [0.05, 0.1) is 21.1 Å². The maximum atomic E-state index is 12.9. The molecule has 1 aliphatic rings. The van der Waals surface area contributed by atoms with Crippen molar-refractivity contribution in [1.29, 1.82) is 0 Å². The smallest absolute Gasteiger partial charge is 0.224 e. The van der Waals surface area contributed by atoms with E-state index >= 15 is 0 Å². The minimum atomic E-state index is -0.0500. The fourth-order valence-corrected chi connectivity index (χ4v) is 4.60. The van der Waals surface area contributed by atoms with Gasteiger partial charge in [0.1, 0.15) is 0 Å². The fraction of sp³-hybridized carbons (Fsp3) is 0.273. The molecule has 3 aromatic rings. The Morgan fingerprint density at radius 1 is 1.12 bits per heavy atom. The summed E-state index contributed by atoms with van der Waals surface area (Å²) in [4.78, 5) is 17.7. The molecule has 1 N–H and O–H groups in total. The number of thiazole rings is 1. The van der Waals surface area contributed by atoms with Crippen molar-refractivity contribution in [2.45, 2.75) is 32.2 Å². The topological polar surface area (TPSA) is 42.0 Å². The van der Waals surface area contributed by atoms with Gasteiger partial charge >= 0.3 is 0 Å². The zero-order valence-electron chi connectivity index (χ0n) is 14.8. The summed E-state index contributed by atoms with van der Waals surface area (Å²) in [7, 11) is 0. The van der Waals surface area contributed by atoms with Gasteiger partial charge in [0, 0.05) is 12.5 Å². The number of allylic oxidation sites excluding steroid dienone is 2.